The summed E-state index contributed by atoms with van der Waals surface area (Å²) in [5, 5.41) is 7.54. The van der Waals surface area contributed by atoms with Crippen LogP contribution in [-0.4, -0.2) is 46.4 Å². The van der Waals surface area contributed by atoms with Crippen molar-refractivity contribution in [2.45, 2.75) is 38.3 Å². The number of amides is 1. The molecule has 0 bridgehead atoms. The number of nitrogens with zero attached hydrogens (tertiary/aromatic N) is 4. The Bertz CT molecular complexity index is 910. The summed E-state index contributed by atoms with van der Waals surface area (Å²) in [6.45, 7) is 1.89. The molecule has 1 aromatic heterocycles. The van der Waals surface area contributed by atoms with E-state index < -0.39 is 12.1 Å². The van der Waals surface area contributed by atoms with E-state index in [-0.39, 0.29) is 18.2 Å². The van der Waals surface area contributed by atoms with Crippen LogP contribution in [-0.2, 0) is 22.2 Å². The van der Waals surface area contributed by atoms with Gasteiger partial charge in [0.2, 0.25) is 11.7 Å². The standard InChI is InChI=1S/C20H21F3N4O3/c21-20(22,23)19-24-18(26-30-19)15-5-3-13(4-6-15)11-17(28)27-9-7-16(8-10-27)25-29-12-14-1-2-14/h3-6,14H,1-2,7-12H2. The van der Waals surface area contributed by atoms with E-state index in [1.807, 2.05) is 0 Å². The normalized spacial score (nSPS) is 17.2. The van der Waals surface area contributed by atoms with E-state index in [4.69, 9.17) is 4.84 Å². The third-order valence-corrected chi connectivity index (χ3v) is 5.13. The van der Waals surface area contributed by atoms with Crippen molar-refractivity contribution >= 4 is 11.6 Å². The van der Waals surface area contributed by atoms with Gasteiger partial charge in [0.05, 0.1) is 12.1 Å². The molecule has 1 amide bonds. The number of aromatic nitrogens is 2. The molecule has 2 fully saturated rings. The van der Waals surface area contributed by atoms with E-state index in [0.29, 0.717) is 44.0 Å². The van der Waals surface area contributed by atoms with Crippen LogP contribution in [0.25, 0.3) is 11.4 Å². The van der Waals surface area contributed by atoms with Crippen LogP contribution in [0.5, 0.6) is 0 Å². The van der Waals surface area contributed by atoms with Crippen molar-refractivity contribution in [1.82, 2.24) is 15.0 Å². The maximum atomic E-state index is 12.6. The summed E-state index contributed by atoms with van der Waals surface area (Å²) < 4.78 is 41.9. The second kappa shape index (κ2) is 8.45. The predicted octanol–water partition coefficient (Wildman–Crippen LogP) is 3.70. The molecule has 10 heteroatoms. The van der Waals surface area contributed by atoms with Gasteiger partial charge in [-0.05, 0) is 24.3 Å². The van der Waals surface area contributed by atoms with Gasteiger partial charge in [0.1, 0.15) is 6.61 Å². The van der Waals surface area contributed by atoms with E-state index >= 15 is 0 Å². The van der Waals surface area contributed by atoms with Gasteiger partial charge < -0.3 is 14.3 Å². The first-order chi connectivity index (χ1) is 14.4. The number of hydrogen-bond donors (Lipinski definition) is 0. The summed E-state index contributed by atoms with van der Waals surface area (Å²) >= 11 is 0. The lowest BCUT2D eigenvalue weighted by molar-refractivity contribution is -0.159. The zero-order valence-electron chi connectivity index (χ0n) is 16.2. The highest BCUT2D eigenvalue weighted by Crippen LogP contribution is 2.30. The Morgan fingerprint density at radius 1 is 1.20 bits per heavy atom. The Hall–Kier alpha value is -2.91. The quantitative estimate of drug-likeness (QED) is 0.663. The Kier molecular flexibility index (Phi) is 5.74. The molecule has 1 saturated heterocycles. The lowest BCUT2D eigenvalue weighted by atomic mass is 10.1. The third kappa shape index (κ3) is 5.17. The number of alkyl halides is 3. The first-order valence-electron chi connectivity index (χ1n) is 9.84. The van der Waals surface area contributed by atoms with Crippen LogP contribution in [0.4, 0.5) is 13.2 Å². The van der Waals surface area contributed by atoms with Crippen molar-refractivity contribution in [2.75, 3.05) is 19.7 Å². The SMILES string of the molecule is O=C(Cc1ccc(-c2noc(C(F)(F)F)n2)cc1)N1CCC(=NOCC2CC2)CC1. The van der Waals surface area contributed by atoms with Crippen LogP contribution < -0.4 is 0 Å². The van der Waals surface area contributed by atoms with Gasteiger partial charge in [-0.25, -0.2) is 0 Å². The molecule has 0 unspecified atom stereocenters. The molecule has 1 aliphatic heterocycles. The Labute approximate surface area is 170 Å². The lowest BCUT2D eigenvalue weighted by Gasteiger charge is -2.27. The van der Waals surface area contributed by atoms with Crippen molar-refractivity contribution in [3.05, 3.63) is 35.7 Å². The summed E-state index contributed by atoms with van der Waals surface area (Å²) in [6, 6.07) is 6.51. The first kappa shape index (κ1) is 20.4. The van der Waals surface area contributed by atoms with Gasteiger partial charge in [-0.1, -0.05) is 34.6 Å². The van der Waals surface area contributed by atoms with E-state index in [1.165, 1.54) is 12.8 Å². The van der Waals surface area contributed by atoms with Crippen molar-refractivity contribution < 1.29 is 27.3 Å². The number of carbonyl (C=O) groups is 1. The van der Waals surface area contributed by atoms with Gasteiger partial charge in [0.15, 0.2) is 0 Å². The molecule has 0 atom stereocenters. The molecule has 2 aliphatic rings. The zero-order chi connectivity index (χ0) is 21.1. The minimum atomic E-state index is -4.68. The van der Waals surface area contributed by atoms with Crippen LogP contribution in [0.1, 0.15) is 37.1 Å². The molecule has 2 heterocycles. The van der Waals surface area contributed by atoms with E-state index in [1.54, 1.807) is 29.2 Å². The first-order valence-corrected chi connectivity index (χ1v) is 9.84. The number of piperidine rings is 1. The molecule has 30 heavy (non-hydrogen) atoms. The number of hydrogen-bond acceptors (Lipinski definition) is 6. The number of oxime groups is 1. The van der Waals surface area contributed by atoms with Gasteiger partial charge in [-0.2, -0.15) is 18.2 Å². The lowest BCUT2D eigenvalue weighted by Crippen LogP contribution is -2.39. The maximum absolute atomic E-state index is 12.6. The second-order valence-electron chi connectivity index (χ2n) is 7.57. The highest BCUT2D eigenvalue weighted by Gasteiger charge is 2.38. The summed E-state index contributed by atoms with van der Waals surface area (Å²) in [6.07, 6.45) is -0.621. The van der Waals surface area contributed by atoms with Gasteiger partial charge in [0, 0.05) is 31.5 Å². The molecule has 1 saturated carbocycles. The predicted molar refractivity (Wildman–Crippen MR) is 100 cm³/mol. The Balaban J connectivity index is 1.28. The fourth-order valence-corrected chi connectivity index (χ4v) is 3.14. The highest BCUT2D eigenvalue weighted by molar-refractivity contribution is 5.87. The smallest absolute Gasteiger partial charge is 0.396 e. The third-order valence-electron chi connectivity index (χ3n) is 5.13. The van der Waals surface area contributed by atoms with Crippen molar-refractivity contribution in [1.29, 1.82) is 0 Å². The Morgan fingerprint density at radius 2 is 1.90 bits per heavy atom. The van der Waals surface area contributed by atoms with Gasteiger partial charge in [0.25, 0.3) is 0 Å². The van der Waals surface area contributed by atoms with Crippen molar-refractivity contribution in [2.24, 2.45) is 11.1 Å². The minimum absolute atomic E-state index is 0.000354. The average molecular weight is 422 g/mol. The molecule has 1 aliphatic carbocycles. The highest BCUT2D eigenvalue weighted by atomic mass is 19.4. The number of rotatable bonds is 6. The number of benzene rings is 1. The van der Waals surface area contributed by atoms with E-state index in [9.17, 15) is 18.0 Å². The van der Waals surface area contributed by atoms with Gasteiger partial charge >= 0.3 is 12.1 Å². The number of likely N-dealkylation sites (tertiary alicyclic amines) is 1. The van der Waals surface area contributed by atoms with Crippen LogP contribution >= 0.6 is 0 Å². The molecule has 4 rings (SSSR count). The summed E-state index contributed by atoms with van der Waals surface area (Å²) in [7, 11) is 0. The molecule has 2 aromatic rings. The monoisotopic (exact) mass is 422 g/mol. The molecular weight excluding hydrogens is 401 g/mol. The molecule has 1 aromatic carbocycles. The molecule has 160 valence electrons. The van der Waals surface area contributed by atoms with E-state index in [0.717, 1.165) is 11.3 Å². The van der Waals surface area contributed by atoms with Crippen LogP contribution in [0.15, 0.2) is 33.9 Å². The topological polar surface area (TPSA) is 80.8 Å². The average Bonchev–Trinajstić information content (AvgIpc) is 3.40. The summed E-state index contributed by atoms with van der Waals surface area (Å²) in [4.78, 5) is 23.1. The fraction of sp³-hybridized carbons (Fsp3) is 0.500. The minimum Gasteiger partial charge on any atom is -0.396 e. The van der Waals surface area contributed by atoms with E-state index in [2.05, 4.69) is 19.8 Å². The van der Waals surface area contributed by atoms with Crippen molar-refractivity contribution in [3.8, 4) is 11.4 Å². The van der Waals surface area contributed by atoms with Crippen LogP contribution in [0.2, 0.25) is 0 Å². The number of carbonyl (C=O) groups excluding carboxylic acids is 1. The van der Waals surface area contributed by atoms with Crippen LogP contribution in [0, 0.1) is 5.92 Å². The number of halogens is 3. The molecule has 0 N–H and O–H groups in total. The van der Waals surface area contributed by atoms with Crippen LogP contribution in [0.3, 0.4) is 0 Å². The van der Waals surface area contributed by atoms with Gasteiger partial charge in [-0.3, -0.25) is 4.79 Å². The zero-order valence-corrected chi connectivity index (χ0v) is 16.2. The maximum Gasteiger partial charge on any atom is 0.471 e. The molecule has 7 nitrogen and oxygen atoms in total. The molecule has 0 spiro atoms. The van der Waals surface area contributed by atoms with Crippen molar-refractivity contribution in [3.63, 3.8) is 0 Å². The summed E-state index contributed by atoms with van der Waals surface area (Å²) in [5.41, 5.74) is 2.13. The molecular formula is C20H21F3N4O3. The summed E-state index contributed by atoms with van der Waals surface area (Å²) in [5.74, 6) is -0.872. The largest absolute Gasteiger partial charge is 0.471 e. The van der Waals surface area contributed by atoms with Gasteiger partial charge in [-0.15, -0.1) is 0 Å². The fourth-order valence-electron chi connectivity index (χ4n) is 3.14. The Morgan fingerprint density at radius 3 is 2.50 bits per heavy atom. The second-order valence-corrected chi connectivity index (χ2v) is 7.57. The molecule has 0 radical (unpaired) electrons.